The van der Waals surface area contributed by atoms with Gasteiger partial charge in [-0.1, -0.05) is 6.07 Å². The van der Waals surface area contributed by atoms with Gasteiger partial charge in [0, 0.05) is 50.9 Å². The fourth-order valence-corrected chi connectivity index (χ4v) is 2.01. The maximum Gasteiger partial charge on any atom is 0.268 e. The SMILES string of the molecule is CN(C)C=Cc1c(-c2cccnc2)cc(C#N)c(=O)n1C. The monoisotopic (exact) mass is 280 g/mol. The maximum atomic E-state index is 12.1. The molecule has 21 heavy (non-hydrogen) atoms. The van der Waals surface area contributed by atoms with E-state index in [1.54, 1.807) is 25.5 Å². The molecule has 0 aliphatic carbocycles. The molecule has 2 heterocycles. The van der Waals surface area contributed by atoms with Crippen molar-refractivity contribution >= 4 is 6.08 Å². The van der Waals surface area contributed by atoms with Gasteiger partial charge in [-0.25, -0.2) is 0 Å². The zero-order valence-corrected chi connectivity index (χ0v) is 12.2. The maximum absolute atomic E-state index is 12.1. The van der Waals surface area contributed by atoms with Crippen molar-refractivity contribution in [1.29, 1.82) is 5.26 Å². The Kier molecular flexibility index (Phi) is 4.19. The van der Waals surface area contributed by atoms with Crippen molar-refractivity contribution in [2.75, 3.05) is 14.1 Å². The Morgan fingerprint density at radius 3 is 2.76 bits per heavy atom. The van der Waals surface area contributed by atoms with Gasteiger partial charge in [0.15, 0.2) is 0 Å². The smallest absolute Gasteiger partial charge is 0.268 e. The molecule has 2 rings (SSSR count). The minimum Gasteiger partial charge on any atom is -0.383 e. The standard InChI is InChI=1S/C16H16N4O/c1-19(2)8-6-15-14(12-5-4-7-18-11-12)9-13(10-17)16(21)20(15)3/h4-9,11H,1-3H3. The Labute approximate surface area is 123 Å². The van der Waals surface area contributed by atoms with E-state index in [-0.39, 0.29) is 11.1 Å². The molecule has 0 unspecified atom stereocenters. The minimum absolute atomic E-state index is 0.123. The van der Waals surface area contributed by atoms with Crippen LogP contribution in [0.25, 0.3) is 17.2 Å². The molecule has 0 N–H and O–H groups in total. The number of nitriles is 1. The number of hydrogen-bond donors (Lipinski definition) is 0. The van der Waals surface area contributed by atoms with E-state index in [0.29, 0.717) is 0 Å². The second kappa shape index (κ2) is 6.06. The molecular weight excluding hydrogens is 264 g/mol. The van der Waals surface area contributed by atoms with Crippen LogP contribution in [0.4, 0.5) is 0 Å². The van der Waals surface area contributed by atoms with Crippen LogP contribution in [-0.2, 0) is 7.05 Å². The lowest BCUT2D eigenvalue weighted by atomic mass is 10.0. The second-order valence-electron chi connectivity index (χ2n) is 4.85. The molecule has 0 aromatic carbocycles. The number of aromatic nitrogens is 2. The van der Waals surface area contributed by atoms with Crippen LogP contribution in [0, 0.1) is 11.3 Å². The van der Waals surface area contributed by atoms with E-state index in [2.05, 4.69) is 4.98 Å². The van der Waals surface area contributed by atoms with Gasteiger partial charge in [0.25, 0.3) is 5.56 Å². The van der Waals surface area contributed by atoms with Gasteiger partial charge in [-0.05, 0) is 18.2 Å². The summed E-state index contributed by atoms with van der Waals surface area (Å²) < 4.78 is 1.49. The average Bonchev–Trinajstić information content (AvgIpc) is 2.49. The molecule has 0 saturated carbocycles. The van der Waals surface area contributed by atoms with Crippen LogP contribution in [0.2, 0.25) is 0 Å². The summed E-state index contributed by atoms with van der Waals surface area (Å²) in [4.78, 5) is 18.1. The van der Waals surface area contributed by atoms with Gasteiger partial charge < -0.3 is 9.47 Å². The Bertz CT molecular complexity index is 767. The number of pyridine rings is 2. The molecule has 106 valence electrons. The first-order chi connectivity index (χ1) is 10.0. The molecule has 0 aliphatic rings. The van der Waals surface area contributed by atoms with Crippen LogP contribution < -0.4 is 5.56 Å². The molecule has 0 amide bonds. The molecule has 2 aromatic heterocycles. The summed E-state index contributed by atoms with van der Waals surface area (Å²) >= 11 is 0. The number of rotatable bonds is 3. The molecule has 0 atom stereocenters. The molecule has 5 nitrogen and oxygen atoms in total. The fourth-order valence-electron chi connectivity index (χ4n) is 2.01. The first-order valence-corrected chi connectivity index (χ1v) is 6.43. The van der Waals surface area contributed by atoms with Crippen molar-refractivity contribution in [2.45, 2.75) is 0 Å². The predicted octanol–water partition coefficient (Wildman–Crippen LogP) is 1.85. The average molecular weight is 280 g/mol. The van der Waals surface area contributed by atoms with E-state index < -0.39 is 0 Å². The zero-order chi connectivity index (χ0) is 15.4. The lowest BCUT2D eigenvalue weighted by Gasteiger charge is -2.13. The highest BCUT2D eigenvalue weighted by Crippen LogP contribution is 2.23. The Balaban J connectivity index is 2.75. The summed E-state index contributed by atoms with van der Waals surface area (Å²) in [5.41, 5.74) is 2.23. The Morgan fingerprint density at radius 1 is 1.43 bits per heavy atom. The molecular formula is C16H16N4O. The lowest BCUT2D eigenvalue weighted by Crippen LogP contribution is -2.22. The van der Waals surface area contributed by atoms with Crippen molar-refractivity contribution in [3.8, 4) is 17.2 Å². The van der Waals surface area contributed by atoms with Crippen molar-refractivity contribution in [3.63, 3.8) is 0 Å². The Hall–Kier alpha value is -2.87. The molecule has 0 spiro atoms. The van der Waals surface area contributed by atoms with Crippen molar-refractivity contribution in [3.05, 3.63) is 58.4 Å². The number of nitrogens with zero attached hydrogens (tertiary/aromatic N) is 4. The normalized spacial score (nSPS) is 10.6. The summed E-state index contributed by atoms with van der Waals surface area (Å²) in [6.07, 6.45) is 7.12. The third-order valence-electron chi connectivity index (χ3n) is 3.08. The van der Waals surface area contributed by atoms with Crippen molar-refractivity contribution < 1.29 is 0 Å². The van der Waals surface area contributed by atoms with E-state index in [9.17, 15) is 4.79 Å². The van der Waals surface area contributed by atoms with E-state index in [1.165, 1.54) is 4.57 Å². The predicted molar refractivity (Wildman–Crippen MR) is 82.4 cm³/mol. The van der Waals surface area contributed by atoms with Gasteiger partial charge in [-0.3, -0.25) is 9.78 Å². The van der Waals surface area contributed by atoms with Crippen molar-refractivity contribution in [2.24, 2.45) is 7.05 Å². The highest BCUT2D eigenvalue weighted by atomic mass is 16.1. The molecule has 0 fully saturated rings. The van der Waals surface area contributed by atoms with Crippen LogP contribution >= 0.6 is 0 Å². The Morgan fingerprint density at radius 2 is 2.19 bits per heavy atom. The van der Waals surface area contributed by atoms with E-state index in [0.717, 1.165) is 16.8 Å². The van der Waals surface area contributed by atoms with Gasteiger partial charge in [0.05, 0.1) is 5.69 Å². The quantitative estimate of drug-likeness (QED) is 0.861. The van der Waals surface area contributed by atoms with Gasteiger partial charge in [-0.2, -0.15) is 5.26 Å². The van der Waals surface area contributed by atoms with Crippen LogP contribution in [0.1, 0.15) is 11.3 Å². The largest absolute Gasteiger partial charge is 0.383 e. The second-order valence-corrected chi connectivity index (χ2v) is 4.85. The molecule has 0 bridgehead atoms. The zero-order valence-electron chi connectivity index (χ0n) is 12.2. The molecule has 0 aliphatic heterocycles. The van der Waals surface area contributed by atoms with E-state index in [4.69, 9.17) is 5.26 Å². The van der Waals surface area contributed by atoms with Crippen LogP contribution in [0.5, 0.6) is 0 Å². The summed E-state index contributed by atoms with van der Waals surface area (Å²) in [5, 5.41) is 9.12. The fraction of sp³-hybridized carbons (Fsp3) is 0.188. The first kappa shape index (κ1) is 14.5. The van der Waals surface area contributed by atoms with E-state index in [1.807, 2.05) is 49.5 Å². The first-order valence-electron chi connectivity index (χ1n) is 6.43. The third-order valence-corrected chi connectivity index (χ3v) is 3.08. The van der Waals surface area contributed by atoms with E-state index >= 15 is 0 Å². The highest BCUT2D eigenvalue weighted by molar-refractivity contribution is 5.73. The summed E-state index contributed by atoms with van der Waals surface area (Å²) in [6.45, 7) is 0. The van der Waals surface area contributed by atoms with Crippen LogP contribution in [0.3, 0.4) is 0 Å². The summed E-state index contributed by atoms with van der Waals surface area (Å²) in [6, 6.07) is 7.30. The molecule has 0 saturated heterocycles. The molecule has 2 aromatic rings. The van der Waals surface area contributed by atoms with Crippen molar-refractivity contribution in [1.82, 2.24) is 14.5 Å². The molecule has 5 heteroatoms. The topological polar surface area (TPSA) is 61.9 Å². The van der Waals surface area contributed by atoms with Gasteiger partial charge >= 0.3 is 0 Å². The van der Waals surface area contributed by atoms with Gasteiger partial charge in [0.1, 0.15) is 11.6 Å². The summed E-state index contributed by atoms with van der Waals surface area (Å²) in [5.74, 6) is 0. The molecule has 0 radical (unpaired) electrons. The number of hydrogen-bond acceptors (Lipinski definition) is 4. The van der Waals surface area contributed by atoms with Gasteiger partial charge in [-0.15, -0.1) is 0 Å². The lowest BCUT2D eigenvalue weighted by molar-refractivity contribution is 0.567. The van der Waals surface area contributed by atoms with Crippen LogP contribution in [-0.4, -0.2) is 28.5 Å². The third kappa shape index (κ3) is 3.00. The van der Waals surface area contributed by atoms with Gasteiger partial charge in [0.2, 0.25) is 0 Å². The highest BCUT2D eigenvalue weighted by Gasteiger charge is 2.12. The van der Waals surface area contributed by atoms with Crippen LogP contribution in [0.15, 0.2) is 41.6 Å². The minimum atomic E-state index is -0.302. The summed E-state index contributed by atoms with van der Waals surface area (Å²) in [7, 11) is 5.47.